The van der Waals surface area contributed by atoms with Crippen molar-refractivity contribution in [1.29, 1.82) is 0 Å². The predicted octanol–water partition coefficient (Wildman–Crippen LogP) is 4.96. The third-order valence-corrected chi connectivity index (χ3v) is 6.25. The number of nitrogens with one attached hydrogen (secondary N) is 1. The molecule has 4 nitrogen and oxygen atoms in total. The van der Waals surface area contributed by atoms with Crippen molar-refractivity contribution in [3.8, 4) is 16.9 Å². The van der Waals surface area contributed by atoms with Crippen LogP contribution in [-0.2, 0) is 4.79 Å². The Bertz CT molecular complexity index is 797. The second kappa shape index (κ2) is 8.78. The number of hydrogen-bond acceptors (Lipinski definition) is 3. The van der Waals surface area contributed by atoms with Crippen LogP contribution in [0.3, 0.4) is 0 Å². The van der Waals surface area contributed by atoms with Crippen LogP contribution in [0.5, 0.6) is 5.75 Å². The lowest BCUT2D eigenvalue weighted by Crippen LogP contribution is -2.44. The molecular weight excluding hydrogens is 348 g/mol. The van der Waals surface area contributed by atoms with E-state index in [1.807, 2.05) is 42.5 Å². The number of piperidine rings is 1. The Kier molecular flexibility index (Phi) is 5.96. The van der Waals surface area contributed by atoms with Gasteiger partial charge in [-0.15, -0.1) is 0 Å². The minimum atomic E-state index is 0.0817. The van der Waals surface area contributed by atoms with E-state index in [9.17, 15) is 4.79 Å². The number of likely N-dealkylation sites (tertiary alicyclic amines) is 1. The molecule has 1 saturated carbocycles. The number of rotatable bonds is 5. The van der Waals surface area contributed by atoms with Crippen LogP contribution in [0.25, 0.3) is 11.1 Å². The molecule has 1 saturated heterocycles. The Balaban J connectivity index is 1.47. The highest BCUT2D eigenvalue weighted by molar-refractivity contribution is 5.97. The van der Waals surface area contributed by atoms with E-state index in [0.29, 0.717) is 6.04 Å². The van der Waals surface area contributed by atoms with Crippen molar-refractivity contribution in [3.63, 3.8) is 0 Å². The van der Waals surface area contributed by atoms with Crippen molar-refractivity contribution in [2.45, 2.75) is 44.6 Å². The van der Waals surface area contributed by atoms with Gasteiger partial charge in [0.05, 0.1) is 13.0 Å². The standard InChI is InChI=1S/C24H30N2O2/c1-28-21-14-12-18(13-15-21)22-10-4-5-11-23(22)25-24(27)19-7-6-16-26(17-19)20-8-2-3-9-20/h4-5,10-15,19-20H,2-3,6-9,16-17H2,1H3,(H,25,27)/t19-/m0/s1. The molecule has 2 aromatic rings. The van der Waals surface area contributed by atoms with E-state index in [1.54, 1.807) is 7.11 Å². The normalized spacial score (nSPS) is 20.8. The number of para-hydroxylation sites is 1. The lowest BCUT2D eigenvalue weighted by atomic mass is 9.95. The number of nitrogens with zero attached hydrogens (tertiary/aromatic N) is 1. The molecule has 0 radical (unpaired) electrons. The zero-order chi connectivity index (χ0) is 19.3. The SMILES string of the molecule is COc1ccc(-c2ccccc2NC(=O)[C@H]2CCCN(C3CCCC3)C2)cc1. The summed E-state index contributed by atoms with van der Waals surface area (Å²) in [4.78, 5) is 15.6. The van der Waals surface area contributed by atoms with Gasteiger partial charge in [0.1, 0.15) is 5.75 Å². The summed E-state index contributed by atoms with van der Waals surface area (Å²) in [6, 6.07) is 16.7. The highest BCUT2D eigenvalue weighted by Crippen LogP contribution is 2.31. The van der Waals surface area contributed by atoms with Crippen molar-refractivity contribution in [1.82, 2.24) is 4.90 Å². The number of methoxy groups -OCH3 is 1. The van der Waals surface area contributed by atoms with Crippen molar-refractivity contribution in [3.05, 3.63) is 48.5 Å². The molecule has 1 heterocycles. The first-order valence-corrected chi connectivity index (χ1v) is 10.5. The van der Waals surface area contributed by atoms with Gasteiger partial charge < -0.3 is 10.1 Å². The maximum atomic E-state index is 13.1. The summed E-state index contributed by atoms with van der Waals surface area (Å²) in [6.45, 7) is 2.05. The molecule has 2 aliphatic rings. The van der Waals surface area contributed by atoms with Crippen LogP contribution in [0, 0.1) is 5.92 Å². The lowest BCUT2D eigenvalue weighted by molar-refractivity contribution is -0.121. The maximum Gasteiger partial charge on any atom is 0.228 e. The number of ether oxygens (including phenoxy) is 1. The Labute approximate surface area is 167 Å². The van der Waals surface area contributed by atoms with Crippen LogP contribution >= 0.6 is 0 Å². The lowest BCUT2D eigenvalue weighted by Gasteiger charge is -2.36. The summed E-state index contributed by atoms with van der Waals surface area (Å²) in [5.74, 6) is 1.07. The largest absolute Gasteiger partial charge is 0.497 e. The first-order chi connectivity index (χ1) is 13.7. The summed E-state index contributed by atoms with van der Waals surface area (Å²) >= 11 is 0. The van der Waals surface area contributed by atoms with E-state index in [1.165, 1.54) is 25.7 Å². The van der Waals surface area contributed by atoms with Crippen molar-refractivity contribution >= 4 is 11.6 Å². The van der Waals surface area contributed by atoms with E-state index in [0.717, 1.165) is 48.5 Å². The van der Waals surface area contributed by atoms with E-state index in [2.05, 4.69) is 16.3 Å². The quantitative estimate of drug-likeness (QED) is 0.800. The summed E-state index contributed by atoms with van der Waals surface area (Å²) < 4.78 is 5.26. The molecule has 1 N–H and O–H groups in total. The Morgan fingerprint density at radius 1 is 1.00 bits per heavy atom. The van der Waals surface area contributed by atoms with E-state index in [4.69, 9.17) is 4.74 Å². The third-order valence-electron chi connectivity index (χ3n) is 6.25. The fourth-order valence-corrected chi connectivity index (χ4v) is 4.67. The summed E-state index contributed by atoms with van der Waals surface area (Å²) in [6.07, 6.45) is 7.39. The van der Waals surface area contributed by atoms with Crippen LogP contribution in [0.15, 0.2) is 48.5 Å². The molecule has 1 aliphatic heterocycles. The molecule has 2 fully saturated rings. The van der Waals surface area contributed by atoms with E-state index < -0.39 is 0 Å². The fraction of sp³-hybridized carbons (Fsp3) is 0.458. The van der Waals surface area contributed by atoms with Gasteiger partial charge >= 0.3 is 0 Å². The van der Waals surface area contributed by atoms with Gasteiger partial charge in [-0.3, -0.25) is 9.69 Å². The average Bonchev–Trinajstić information content (AvgIpc) is 3.29. The van der Waals surface area contributed by atoms with Gasteiger partial charge in [-0.25, -0.2) is 0 Å². The zero-order valence-electron chi connectivity index (χ0n) is 16.7. The van der Waals surface area contributed by atoms with Crippen molar-refractivity contribution < 1.29 is 9.53 Å². The van der Waals surface area contributed by atoms with Gasteiger partial charge in [0.15, 0.2) is 0 Å². The first kappa shape index (κ1) is 19.0. The number of carbonyl (C=O) groups excluding carboxylic acids is 1. The second-order valence-electron chi connectivity index (χ2n) is 8.04. The molecular formula is C24H30N2O2. The molecule has 0 spiro atoms. The van der Waals surface area contributed by atoms with Gasteiger partial charge in [-0.2, -0.15) is 0 Å². The van der Waals surface area contributed by atoms with Gasteiger partial charge in [0.25, 0.3) is 0 Å². The molecule has 0 bridgehead atoms. The van der Waals surface area contributed by atoms with Crippen LogP contribution in [-0.4, -0.2) is 37.0 Å². The molecule has 0 aromatic heterocycles. The minimum Gasteiger partial charge on any atom is -0.497 e. The molecule has 2 aromatic carbocycles. The first-order valence-electron chi connectivity index (χ1n) is 10.5. The number of benzene rings is 2. The summed E-state index contributed by atoms with van der Waals surface area (Å²) in [5, 5.41) is 3.22. The van der Waals surface area contributed by atoms with Gasteiger partial charge in [-0.1, -0.05) is 43.2 Å². The van der Waals surface area contributed by atoms with Gasteiger partial charge in [0, 0.05) is 23.8 Å². The molecule has 4 rings (SSSR count). The molecule has 1 aliphatic carbocycles. The third kappa shape index (κ3) is 4.22. The summed E-state index contributed by atoms with van der Waals surface area (Å²) in [7, 11) is 1.67. The van der Waals surface area contributed by atoms with E-state index in [-0.39, 0.29) is 11.8 Å². The van der Waals surface area contributed by atoms with Crippen LogP contribution in [0.4, 0.5) is 5.69 Å². The molecule has 1 amide bonds. The smallest absolute Gasteiger partial charge is 0.228 e. The number of amides is 1. The second-order valence-corrected chi connectivity index (χ2v) is 8.04. The summed E-state index contributed by atoms with van der Waals surface area (Å²) in [5.41, 5.74) is 3.01. The number of carbonyl (C=O) groups is 1. The van der Waals surface area contributed by atoms with E-state index >= 15 is 0 Å². The van der Waals surface area contributed by atoms with Crippen molar-refractivity contribution in [2.75, 3.05) is 25.5 Å². The van der Waals surface area contributed by atoms with Crippen LogP contribution < -0.4 is 10.1 Å². The molecule has 0 unspecified atom stereocenters. The maximum absolute atomic E-state index is 13.1. The highest BCUT2D eigenvalue weighted by atomic mass is 16.5. The monoisotopic (exact) mass is 378 g/mol. The predicted molar refractivity (Wildman–Crippen MR) is 114 cm³/mol. The number of hydrogen-bond donors (Lipinski definition) is 1. The molecule has 28 heavy (non-hydrogen) atoms. The fourth-order valence-electron chi connectivity index (χ4n) is 4.67. The number of anilines is 1. The highest BCUT2D eigenvalue weighted by Gasteiger charge is 2.31. The van der Waals surface area contributed by atoms with Crippen LogP contribution in [0.2, 0.25) is 0 Å². The zero-order valence-corrected chi connectivity index (χ0v) is 16.7. The van der Waals surface area contributed by atoms with Gasteiger partial charge in [0.2, 0.25) is 5.91 Å². The van der Waals surface area contributed by atoms with Gasteiger partial charge in [-0.05, 0) is 56.0 Å². The van der Waals surface area contributed by atoms with Crippen molar-refractivity contribution in [2.24, 2.45) is 5.92 Å². The van der Waals surface area contributed by atoms with Crippen LogP contribution in [0.1, 0.15) is 38.5 Å². The molecule has 1 atom stereocenters. The Morgan fingerprint density at radius 2 is 1.75 bits per heavy atom. The molecule has 4 heteroatoms. The topological polar surface area (TPSA) is 41.6 Å². The average molecular weight is 379 g/mol. The molecule has 148 valence electrons. The minimum absolute atomic E-state index is 0.0817. The Morgan fingerprint density at radius 3 is 2.50 bits per heavy atom. The Hall–Kier alpha value is -2.33.